The standard InChI is InChI=1S/C8H13NO6.3Na/c1-2-5(8(14)15)9(3-6(10)11)4-7(12)13;;;/h5H,2-4H2,1H3,(H,10,11)(H,12,13)(H,14,15);;;/q;3*+1/p-3. The Morgan fingerprint density at radius 2 is 1.28 bits per heavy atom. The largest absolute Gasteiger partial charge is 1.00 e. The summed E-state index contributed by atoms with van der Waals surface area (Å²) in [6.45, 7) is -0.112. The van der Waals surface area contributed by atoms with Crippen LogP contribution in [0.4, 0.5) is 0 Å². The van der Waals surface area contributed by atoms with Crippen LogP contribution in [0.3, 0.4) is 0 Å². The summed E-state index contributed by atoms with van der Waals surface area (Å²) in [5.74, 6) is -4.65. The van der Waals surface area contributed by atoms with E-state index in [2.05, 4.69) is 0 Å². The van der Waals surface area contributed by atoms with Gasteiger partial charge in [-0.15, -0.1) is 0 Å². The number of aliphatic carboxylic acids is 3. The van der Waals surface area contributed by atoms with Crippen molar-refractivity contribution in [2.75, 3.05) is 13.1 Å². The summed E-state index contributed by atoms with van der Waals surface area (Å²) in [6.07, 6.45) is 0.0306. The van der Waals surface area contributed by atoms with Gasteiger partial charge in [0, 0.05) is 19.1 Å². The molecule has 10 heteroatoms. The minimum atomic E-state index is -1.56. The van der Waals surface area contributed by atoms with Crippen LogP contribution in [-0.2, 0) is 14.4 Å². The van der Waals surface area contributed by atoms with Gasteiger partial charge in [-0.25, -0.2) is 0 Å². The van der Waals surface area contributed by atoms with Gasteiger partial charge in [-0.2, -0.15) is 0 Å². The molecule has 0 fully saturated rings. The summed E-state index contributed by atoms with van der Waals surface area (Å²) in [7, 11) is 0. The first-order valence-electron chi connectivity index (χ1n) is 4.23. The minimum Gasteiger partial charge on any atom is -0.549 e. The normalized spacial score (nSPS) is 10.3. The fourth-order valence-corrected chi connectivity index (χ4v) is 1.18. The summed E-state index contributed by atoms with van der Waals surface area (Å²) < 4.78 is 0. The molecule has 0 aliphatic rings. The van der Waals surface area contributed by atoms with Crippen LogP contribution in [0.1, 0.15) is 13.3 Å². The van der Waals surface area contributed by atoms with Gasteiger partial charge in [0.25, 0.3) is 0 Å². The Morgan fingerprint density at radius 3 is 1.44 bits per heavy atom. The molecule has 0 aliphatic heterocycles. The number of nitrogens with zero attached hydrogens (tertiary/aromatic N) is 1. The third-order valence-corrected chi connectivity index (χ3v) is 1.76. The van der Waals surface area contributed by atoms with Gasteiger partial charge >= 0.3 is 88.7 Å². The monoisotopic (exact) mass is 285 g/mol. The zero-order chi connectivity index (χ0) is 12.0. The third-order valence-electron chi connectivity index (χ3n) is 1.76. The maximum Gasteiger partial charge on any atom is 1.00 e. The SMILES string of the molecule is CCC(C(=O)[O-])N(CC(=O)[O-])CC(=O)[O-].[Na+].[Na+].[Na+]. The van der Waals surface area contributed by atoms with E-state index in [1.54, 1.807) is 0 Å². The van der Waals surface area contributed by atoms with Crippen LogP contribution in [0.15, 0.2) is 0 Å². The summed E-state index contributed by atoms with van der Waals surface area (Å²) in [6, 6.07) is -1.28. The van der Waals surface area contributed by atoms with E-state index in [1.165, 1.54) is 6.92 Å². The van der Waals surface area contributed by atoms with Crippen LogP contribution in [0.25, 0.3) is 0 Å². The van der Waals surface area contributed by atoms with Crippen LogP contribution in [-0.4, -0.2) is 41.9 Å². The number of rotatable bonds is 7. The van der Waals surface area contributed by atoms with Crippen LogP contribution in [0.5, 0.6) is 0 Å². The first kappa shape index (κ1) is 27.7. The van der Waals surface area contributed by atoms with Gasteiger partial charge in [0.2, 0.25) is 0 Å². The predicted octanol–water partition coefficient (Wildman–Crippen LogP) is -13.7. The number of carboxylic acids is 3. The second kappa shape index (κ2) is 14.8. The third kappa shape index (κ3) is 12.4. The molecule has 7 nitrogen and oxygen atoms in total. The van der Waals surface area contributed by atoms with Crippen molar-refractivity contribution in [2.24, 2.45) is 0 Å². The molecular formula is C8H10NNa3O6. The summed E-state index contributed by atoms with van der Waals surface area (Å²) >= 11 is 0. The van der Waals surface area contributed by atoms with Gasteiger partial charge in [0.1, 0.15) is 0 Å². The molecule has 18 heavy (non-hydrogen) atoms. The summed E-state index contributed by atoms with van der Waals surface area (Å²) in [4.78, 5) is 31.8. The van der Waals surface area contributed by atoms with E-state index in [9.17, 15) is 29.7 Å². The molecule has 0 rings (SSSR count). The second-order valence-corrected chi connectivity index (χ2v) is 2.89. The van der Waals surface area contributed by atoms with Crippen molar-refractivity contribution in [3.8, 4) is 0 Å². The van der Waals surface area contributed by atoms with Crippen molar-refractivity contribution in [1.82, 2.24) is 4.90 Å². The zero-order valence-corrected chi connectivity index (χ0v) is 17.1. The molecule has 0 aromatic rings. The van der Waals surface area contributed by atoms with Gasteiger partial charge < -0.3 is 29.7 Å². The van der Waals surface area contributed by atoms with E-state index in [0.717, 1.165) is 0 Å². The molecule has 0 saturated heterocycles. The first-order chi connectivity index (χ1) is 6.88. The second-order valence-electron chi connectivity index (χ2n) is 2.89. The van der Waals surface area contributed by atoms with Crippen LogP contribution in [0.2, 0.25) is 0 Å². The van der Waals surface area contributed by atoms with Gasteiger partial charge in [0.15, 0.2) is 0 Å². The van der Waals surface area contributed by atoms with Crippen molar-refractivity contribution in [1.29, 1.82) is 0 Å². The van der Waals surface area contributed by atoms with Crippen LogP contribution in [0, 0.1) is 0 Å². The number of hydrogen-bond acceptors (Lipinski definition) is 7. The molecule has 0 radical (unpaired) electrons. The van der Waals surface area contributed by atoms with Crippen LogP contribution >= 0.6 is 0 Å². The molecule has 0 saturated carbocycles. The van der Waals surface area contributed by atoms with Gasteiger partial charge in [-0.05, 0) is 6.42 Å². The van der Waals surface area contributed by atoms with E-state index in [0.29, 0.717) is 4.90 Å². The number of hydrogen-bond donors (Lipinski definition) is 0. The Hall–Kier alpha value is 1.37. The molecule has 0 aliphatic carbocycles. The molecule has 1 atom stereocenters. The average molecular weight is 285 g/mol. The van der Waals surface area contributed by atoms with E-state index in [1.807, 2.05) is 0 Å². The zero-order valence-electron chi connectivity index (χ0n) is 11.1. The van der Waals surface area contributed by atoms with E-state index in [4.69, 9.17) is 0 Å². The Morgan fingerprint density at radius 1 is 0.944 bits per heavy atom. The molecule has 0 spiro atoms. The summed E-state index contributed by atoms with van der Waals surface area (Å²) in [5, 5.41) is 31.1. The Kier molecular flexibility index (Phi) is 22.7. The van der Waals surface area contributed by atoms with Gasteiger partial charge in [-0.3, -0.25) is 4.90 Å². The molecule has 0 aromatic heterocycles. The fraction of sp³-hybridized carbons (Fsp3) is 0.625. The topological polar surface area (TPSA) is 124 Å². The van der Waals surface area contributed by atoms with Crippen molar-refractivity contribution in [3.05, 3.63) is 0 Å². The first-order valence-corrected chi connectivity index (χ1v) is 4.23. The maximum absolute atomic E-state index is 10.6. The molecule has 0 aromatic carbocycles. The molecule has 86 valence electrons. The summed E-state index contributed by atoms with van der Waals surface area (Å²) in [5.41, 5.74) is 0. The number of carbonyl (C=O) groups excluding carboxylic acids is 3. The van der Waals surface area contributed by atoms with Crippen molar-refractivity contribution in [2.45, 2.75) is 19.4 Å². The molecule has 1 unspecified atom stereocenters. The van der Waals surface area contributed by atoms with E-state index >= 15 is 0 Å². The maximum atomic E-state index is 10.6. The molecule has 0 bridgehead atoms. The molecule has 0 heterocycles. The molecular weight excluding hydrogens is 275 g/mol. The predicted molar refractivity (Wildman–Crippen MR) is 40.7 cm³/mol. The smallest absolute Gasteiger partial charge is 0.549 e. The average Bonchev–Trinajstić information content (AvgIpc) is 2.01. The van der Waals surface area contributed by atoms with Gasteiger partial charge in [-0.1, -0.05) is 6.92 Å². The number of carbonyl (C=O) groups is 3. The Balaban J connectivity index is -0.000000327. The Bertz CT molecular complexity index is 260. The molecule has 0 N–H and O–H groups in total. The Labute approximate surface area is 171 Å². The van der Waals surface area contributed by atoms with Crippen LogP contribution < -0.4 is 104 Å². The quantitative estimate of drug-likeness (QED) is 0.425. The van der Waals surface area contributed by atoms with Gasteiger partial charge in [0.05, 0.1) is 17.9 Å². The number of carboxylic acid groups (broad SMARTS) is 3. The van der Waals surface area contributed by atoms with E-state index in [-0.39, 0.29) is 95.1 Å². The van der Waals surface area contributed by atoms with Crippen molar-refractivity contribution in [3.63, 3.8) is 0 Å². The van der Waals surface area contributed by atoms with Crippen molar-refractivity contribution >= 4 is 17.9 Å². The minimum absolute atomic E-state index is 0. The molecule has 0 amide bonds. The fourth-order valence-electron chi connectivity index (χ4n) is 1.18. The van der Waals surface area contributed by atoms with E-state index < -0.39 is 37.0 Å². The van der Waals surface area contributed by atoms with Crippen molar-refractivity contribution < 1.29 is 118 Å².